The lowest BCUT2D eigenvalue weighted by Gasteiger charge is -1.94. The summed E-state index contributed by atoms with van der Waals surface area (Å²) in [5.41, 5.74) is 8.38. The highest BCUT2D eigenvalue weighted by molar-refractivity contribution is 5.57. The lowest BCUT2D eigenvalue weighted by molar-refractivity contribution is 1.50. The molecule has 0 bridgehead atoms. The van der Waals surface area contributed by atoms with Crippen molar-refractivity contribution in [3.8, 4) is 11.8 Å². The minimum absolute atomic E-state index is 0.723. The van der Waals surface area contributed by atoms with Gasteiger partial charge in [-0.15, -0.1) is 0 Å². The van der Waals surface area contributed by atoms with Crippen molar-refractivity contribution < 1.29 is 0 Å². The molecule has 1 heteroatoms. The molecule has 2 rings (SSSR count). The van der Waals surface area contributed by atoms with Crippen LogP contribution in [0.25, 0.3) is 0 Å². The fourth-order valence-corrected chi connectivity index (χ4v) is 1.27. The Morgan fingerprint density at radius 2 is 1.35 bits per heavy atom. The van der Waals surface area contributed by atoms with Gasteiger partial charge in [-0.3, -0.25) is 0 Å². The van der Waals surface area contributed by atoms with E-state index in [0.29, 0.717) is 0 Å². The second-order valence-corrected chi connectivity index (χ2v) is 3.20. The van der Waals surface area contributed by atoms with E-state index in [-0.39, 0.29) is 0 Å². The van der Waals surface area contributed by atoms with Crippen molar-refractivity contribution in [1.82, 2.24) is 0 Å². The summed E-state index contributed by atoms with van der Waals surface area (Å²) in [6.07, 6.45) is 0. The SMILES string of the molecule is CC.Nc1ccccc1C#Cc1ccccc1. The van der Waals surface area contributed by atoms with Gasteiger partial charge in [0.05, 0.1) is 0 Å². The fourth-order valence-electron chi connectivity index (χ4n) is 1.27. The minimum Gasteiger partial charge on any atom is -0.398 e. The number of rotatable bonds is 0. The highest BCUT2D eigenvalue weighted by Gasteiger charge is 1.90. The van der Waals surface area contributed by atoms with Crippen LogP contribution in [0.15, 0.2) is 54.6 Å². The third kappa shape index (κ3) is 4.04. The summed E-state index contributed by atoms with van der Waals surface area (Å²) in [5, 5.41) is 0. The Kier molecular flexibility index (Phi) is 5.40. The summed E-state index contributed by atoms with van der Waals surface area (Å²) in [7, 11) is 0. The van der Waals surface area contributed by atoms with Crippen molar-refractivity contribution in [2.24, 2.45) is 0 Å². The molecule has 0 heterocycles. The quantitative estimate of drug-likeness (QED) is 0.535. The summed E-state index contributed by atoms with van der Waals surface area (Å²) in [4.78, 5) is 0. The Morgan fingerprint density at radius 3 is 2.00 bits per heavy atom. The average molecular weight is 223 g/mol. The highest BCUT2D eigenvalue weighted by atomic mass is 14.5. The molecule has 0 aliphatic rings. The molecule has 0 saturated carbocycles. The summed E-state index contributed by atoms with van der Waals surface area (Å²) < 4.78 is 0. The molecule has 0 spiro atoms. The first-order valence-electron chi connectivity index (χ1n) is 5.78. The van der Waals surface area contributed by atoms with E-state index in [4.69, 9.17) is 5.73 Å². The van der Waals surface area contributed by atoms with Crippen LogP contribution in [-0.2, 0) is 0 Å². The van der Waals surface area contributed by atoms with Gasteiger partial charge in [0.15, 0.2) is 0 Å². The largest absolute Gasteiger partial charge is 0.398 e. The van der Waals surface area contributed by atoms with E-state index in [1.807, 2.05) is 68.4 Å². The van der Waals surface area contributed by atoms with Crippen LogP contribution in [0.4, 0.5) is 5.69 Å². The third-order valence-corrected chi connectivity index (χ3v) is 2.08. The number of hydrogen-bond acceptors (Lipinski definition) is 1. The minimum atomic E-state index is 0.723. The molecule has 0 aliphatic carbocycles. The van der Waals surface area contributed by atoms with E-state index in [0.717, 1.165) is 16.8 Å². The van der Waals surface area contributed by atoms with E-state index in [2.05, 4.69) is 11.8 Å². The number of anilines is 1. The zero-order valence-corrected chi connectivity index (χ0v) is 10.3. The van der Waals surface area contributed by atoms with Gasteiger partial charge in [0, 0.05) is 16.8 Å². The van der Waals surface area contributed by atoms with Crippen LogP contribution in [0.3, 0.4) is 0 Å². The van der Waals surface area contributed by atoms with Gasteiger partial charge in [0.2, 0.25) is 0 Å². The van der Waals surface area contributed by atoms with Crippen LogP contribution >= 0.6 is 0 Å². The fraction of sp³-hybridized carbons (Fsp3) is 0.125. The van der Waals surface area contributed by atoms with Crippen LogP contribution in [0, 0.1) is 11.8 Å². The Bertz CT molecular complexity index is 504. The molecular weight excluding hydrogens is 206 g/mol. The second kappa shape index (κ2) is 7.14. The van der Waals surface area contributed by atoms with Crippen molar-refractivity contribution in [3.05, 3.63) is 65.7 Å². The molecule has 0 aliphatic heterocycles. The van der Waals surface area contributed by atoms with E-state index in [1.54, 1.807) is 0 Å². The van der Waals surface area contributed by atoms with Crippen LogP contribution in [0.1, 0.15) is 25.0 Å². The number of nitrogens with two attached hydrogens (primary N) is 1. The molecule has 2 aromatic rings. The van der Waals surface area contributed by atoms with Gasteiger partial charge in [0.1, 0.15) is 0 Å². The Morgan fingerprint density at radius 1 is 0.765 bits per heavy atom. The third-order valence-electron chi connectivity index (χ3n) is 2.08. The summed E-state index contributed by atoms with van der Waals surface area (Å²) >= 11 is 0. The van der Waals surface area contributed by atoms with Gasteiger partial charge in [-0.1, -0.05) is 56.0 Å². The van der Waals surface area contributed by atoms with Gasteiger partial charge in [-0.25, -0.2) is 0 Å². The number of benzene rings is 2. The molecule has 0 amide bonds. The van der Waals surface area contributed by atoms with E-state index in [9.17, 15) is 0 Å². The Labute approximate surface area is 103 Å². The highest BCUT2D eigenvalue weighted by Crippen LogP contribution is 2.08. The topological polar surface area (TPSA) is 26.0 Å². The molecule has 0 aromatic heterocycles. The maximum Gasteiger partial charge on any atom is 0.0478 e. The Hall–Kier alpha value is -2.20. The van der Waals surface area contributed by atoms with Crippen molar-refractivity contribution in [2.75, 3.05) is 5.73 Å². The van der Waals surface area contributed by atoms with E-state index < -0.39 is 0 Å². The standard InChI is InChI=1S/C14H11N.C2H6/c15-14-9-5-4-8-13(14)11-10-12-6-2-1-3-7-12;1-2/h1-9H,15H2;1-2H3. The van der Waals surface area contributed by atoms with Crippen molar-refractivity contribution in [2.45, 2.75) is 13.8 Å². The predicted octanol–water partition coefficient (Wildman–Crippen LogP) is 3.69. The van der Waals surface area contributed by atoms with Crippen LogP contribution in [-0.4, -0.2) is 0 Å². The first kappa shape index (κ1) is 12.9. The molecule has 0 atom stereocenters. The van der Waals surface area contributed by atoms with Crippen molar-refractivity contribution in [1.29, 1.82) is 0 Å². The van der Waals surface area contributed by atoms with E-state index >= 15 is 0 Å². The zero-order chi connectivity index (χ0) is 12.5. The molecular formula is C16H17N. The van der Waals surface area contributed by atoms with Gasteiger partial charge in [0.25, 0.3) is 0 Å². The van der Waals surface area contributed by atoms with Crippen molar-refractivity contribution in [3.63, 3.8) is 0 Å². The lowest BCUT2D eigenvalue weighted by atomic mass is 10.1. The molecule has 0 saturated heterocycles. The van der Waals surface area contributed by atoms with Gasteiger partial charge in [-0.2, -0.15) is 0 Å². The summed E-state index contributed by atoms with van der Waals surface area (Å²) in [6, 6.07) is 17.5. The summed E-state index contributed by atoms with van der Waals surface area (Å²) in [5.74, 6) is 6.13. The number of para-hydroxylation sites is 1. The molecule has 0 radical (unpaired) electrons. The molecule has 17 heavy (non-hydrogen) atoms. The maximum atomic E-state index is 5.78. The van der Waals surface area contributed by atoms with Crippen LogP contribution < -0.4 is 5.73 Å². The van der Waals surface area contributed by atoms with Crippen LogP contribution in [0.5, 0.6) is 0 Å². The smallest absolute Gasteiger partial charge is 0.0478 e. The lowest BCUT2D eigenvalue weighted by Crippen LogP contribution is -1.88. The number of hydrogen-bond donors (Lipinski definition) is 1. The van der Waals surface area contributed by atoms with Gasteiger partial charge >= 0.3 is 0 Å². The maximum absolute atomic E-state index is 5.78. The van der Waals surface area contributed by atoms with Crippen LogP contribution in [0.2, 0.25) is 0 Å². The predicted molar refractivity (Wildman–Crippen MR) is 74.6 cm³/mol. The molecule has 2 N–H and O–H groups in total. The molecule has 1 nitrogen and oxygen atoms in total. The normalized spacial score (nSPS) is 8.35. The second-order valence-electron chi connectivity index (χ2n) is 3.20. The molecule has 2 aromatic carbocycles. The van der Waals surface area contributed by atoms with Gasteiger partial charge < -0.3 is 5.73 Å². The first-order chi connectivity index (χ1) is 8.36. The average Bonchev–Trinajstić information content (AvgIpc) is 2.41. The zero-order valence-electron chi connectivity index (χ0n) is 10.3. The van der Waals surface area contributed by atoms with Crippen molar-refractivity contribution >= 4 is 5.69 Å². The summed E-state index contributed by atoms with van der Waals surface area (Å²) in [6.45, 7) is 4.00. The number of nitrogen functional groups attached to an aromatic ring is 1. The molecule has 0 unspecified atom stereocenters. The molecule has 86 valence electrons. The van der Waals surface area contributed by atoms with Gasteiger partial charge in [-0.05, 0) is 24.3 Å². The van der Waals surface area contributed by atoms with E-state index in [1.165, 1.54) is 0 Å². The Balaban J connectivity index is 0.000000686. The monoisotopic (exact) mass is 223 g/mol. The first-order valence-corrected chi connectivity index (χ1v) is 5.78. The molecule has 0 fully saturated rings.